The maximum absolute atomic E-state index is 14.0. The number of carbonyl (C=O) groups excluding carboxylic acids is 2. The summed E-state index contributed by atoms with van der Waals surface area (Å²) in [5.74, 6) is -1.31. The highest BCUT2D eigenvalue weighted by atomic mass is 32.2. The molecule has 1 heterocycles. The first-order valence-electron chi connectivity index (χ1n) is 9.51. The van der Waals surface area contributed by atoms with E-state index in [9.17, 15) is 18.4 Å². The molecule has 0 bridgehead atoms. The van der Waals surface area contributed by atoms with Crippen molar-refractivity contribution < 1.29 is 18.4 Å². The highest BCUT2D eigenvalue weighted by Crippen LogP contribution is 2.42. The fraction of sp³-hybridized carbons (Fsp3) is 0.0833. The third kappa shape index (κ3) is 4.51. The van der Waals surface area contributed by atoms with Crippen LogP contribution in [-0.2, 0) is 11.3 Å². The lowest BCUT2D eigenvalue weighted by Crippen LogP contribution is -2.31. The molecule has 1 N–H and O–H groups in total. The van der Waals surface area contributed by atoms with Crippen LogP contribution in [0, 0.1) is 11.6 Å². The second-order valence-electron chi connectivity index (χ2n) is 6.99. The van der Waals surface area contributed by atoms with Gasteiger partial charge in [-0.2, -0.15) is 0 Å². The standard InChI is InChI=1S/C24H18F2N2O2S/c1-28-20-12-17(23(29)27-14-15-6-9-18(25)10-7-15)8-11-21(20)31-22(24(28)30)13-16-4-2-3-5-19(16)26/h2-13H,14H2,1H3,(H,27,29)/b22-13-. The van der Waals surface area contributed by atoms with Crippen LogP contribution in [0.5, 0.6) is 0 Å². The Labute approximate surface area is 182 Å². The highest BCUT2D eigenvalue weighted by Gasteiger charge is 2.27. The zero-order valence-electron chi connectivity index (χ0n) is 16.6. The number of likely N-dealkylation sites (N-methyl/N-ethyl adjacent to an activating group) is 1. The molecule has 3 aromatic carbocycles. The summed E-state index contributed by atoms with van der Waals surface area (Å²) < 4.78 is 27.0. The number of rotatable bonds is 4. The quantitative estimate of drug-likeness (QED) is 0.586. The van der Waals surface area contributed by atoms with E-state index in [0.717, 1.165) is 10.5 Å². The normalized spacial score (nSPS) is 14.5. The largest absolute Gasteiger partial charge is 0.348 e. The molecule has 0 unspecified atom stereocenters. The van der Waals surface area contributed by atoms with Crippen LogP contribution < -0.4 is 10.2 Å². The Hall–Kier alpha value is -3.45. The predicted molar refractivity (Wildman–Crippen MR) is 118 cm³/mol. The average Bonchev–Trinajstić information content (AvgIpc) is 2.78. The van der Waals surface area contributed by atoms with E-state index >= 15 is 0 Å². The molecular formula is C24H18F2N2O2S. The molecule has 0 spiro atoms. The summed E-state index contributed by atoms with van der Waals surface area (Å²) in [6, 6.07) is 17.2. The molecule has 31 heavy (non-hydrogen) atoms. The van der Waals surface area contributed by atoms with E-state index in [1.54, 1.807) is 55.6 Å². The Morgan fingerprint density at radius 3 is 2.55 bits per heavy atom. The summed E-state index contributed by atoms with van der Waals surface area (Å²) in [4.78, 5) is 28.0. The molecule has 4 nitrogen and oxygen atoms in total. The van der Waals surface area contributed by atoms with Crippen molar-refractivity contribution in [1.29, 1.82) is 0 Å². The molecule has 2 amide bonds. The predicted octanol–water partition coefficient (Wildman–Crippen LogP) is 5.00. The minimum atomic E-state index is -0.398. The molecule has 4 rings (SSSR count). The fourth-order valence-corrected chi connectivity index (χ4v) is 4.24. The molecule has 156 valence electrons. The minimum Gasteiger partial charge on any atom is -0.348 e. The second kappa shape index (κ2) is 8.73. The van der Waals surface area contributed by atoms with E-state index in [0.29, 0.717) is 21.7 Å². The monoisotopic (exact) mass is 436 g/mol. The van der Waals surface area contributed by atoms with Crippen LogP contribution in [-0.4, -0.2) is 18.9 Å². The topological polar surface area (TPSA) is 49.4 Å². The van der Waals surface area contributed by atoms with Crippen LogP contribution in [0.1, 0.15) is 21.5 Å². The van der Waals surface area contributed by atoms with E-state index in [2.05, 4.69) is 5.32 Å². The number of thioether (sulfide) groups is 1. The van der Waals surface area contributed by atoms with E-state index < -0.39 is 5.82 Å². The summed E-state index contributed by atoms with van der Waals surface area (Å²) in [6.07, 6.45) is 1.53. The summed E-state index contributed by atoms with van der Waals surface area (Å²) in [7, 11) is 1.62. The Bertz CT molecular complexity index is 1190. The lowest BCUT2D eigenvalue weighted by molar-refractivity contribution is -0.114. The first kappa shape index (κ1) is 20.8. The Balaban J connectivity index is 1.54. The van der Waals surface area contributed by atoms with Crippen molar-refractivity contribution in [1.82, 2.24) is 5.32 Å². The number of hydrogen-bond acceptors (Lipinski definition) is 3. The Kier molecular flexibility index (Phi) is 5.86. The van der Waals surface area contributed by atoms with Crippen molar-refractivity contribution in [2.45, 2.75) is 11.4 Å². The van der Waals surface area contributed by atoms with Crippen molar-refractivity contribution in [3.63, 3.8) is 0 Å². The van der Waals surface area contributed by atoms with Gasteiger partial charge in [-0.25, -0.2) is 8.78 Å². The van der Waals surface area contributed by atoms with Gasteiger partial charge >= 0.3 is 0 Å². The first-order valence-corrected chi connectivity index (χ1v) is 10.3. The number of nitrogens with one attached hydrogen (secondary N) is 1. The molecule has 0 fully saturated rings. The molecule has 0 radical (unpaired) electrons. The summed E-state index contributed by atoms with van der Waals surface area (Å²) >= 11 is 1.24. The van der Waals surface area contributed by atoms with Crippen molar-refractivity contribution in [3.05, 3.63) is 100.0 Å². The van der Waals surface area contributed by atoms with Crippen LogP contribution in [0.15, 0.2) is 76.5 Å². The highest BCUT2D eigenvalue weighted by molar-refractivity contribution is 8.04. The first-order chi connectivity index (χ1) is 14.9. The number of hydrogen-bond donors (Lipinski definition) is 1. The van der Waals surface area contributed by atoms with Gasteiger partial charge in [0.2, 0.25) is 0 Å². The maximum Gasteiger partial charge on any atom is 0.264 e. The molecule has 0 aromatic heterocycles. The summed E-state index contributed by atoms with van der Waals surface area (Å²) in [6.45, 7) is 0.259. The van der Waals surface area contributed by atoms with E-state index in [1.165, 1.54) is 40.9 Å². The van der Waals surface area contributed by atoms with Gasteiger partial charge in [0, 0.05) is 29.6 Å². The van der Waals surface area contributed by atoms with E-state index in [1.807, 2.05) is 0 Å². The van der Waals surface area contributed by atoms with Gasteiger partial charge in [0.05, 0.1) is 10.6 Å². The zero-order chi connectivity index (χ0) is 22.0. The van der Waals surface area contributed by atoms with Crippen LogP contribution >= 0.6 is 11.8 Å². The van der Waals surface area contributed by atoms with Crippen LogP contribution in [0.25, 0.3) is 6.08 Å². The molecule has 0 atom stereocenters. The van der Waals surface area contributed by atoms with Crippen LogP contribution in [0.3, 0.4) is 0 Å². The number of fused-ring (bicyclic) bond motifs is 1. The van der Waals surface area contributed by atoms with Gasteiger partial charge in [-0.3, -0.25) is 9.59 Å². The number of amides is 2. The molecule has 1 aliphatic rings. The Morgan fingerprint density at radius 2 is 1.81 bits per heavy atom. The molecule has 0 saturated carbocycles. The third-order valence-electron chi connectivity index (χ3n) is 4.88. The number of nitrogens with zero attached hydrogens (tertiary/aromatic N) is 1. The van der Waals surface area contributed by atoms with E-state index in [-0.39, 0.29) is 24.2 Å². The molecule has 7 heteroatoms. The van der Waals surface area contributed by atoms with Crippen molar-refractivity contribution in [2.75, 3.05) is 11.9 Å². The fourth-order valence-electron chi connectivity index (χ4n) is 3.16. The van der Waals surface area contributed by atoms with Crippen molar-refractivity contribution >= 4 is 35.3 Å². The lowest BCUT2D eigenvalue weighted by Gasteiger charge is -2.27. The second-order valence-corrected chi connectivity index (χ2v) is 8.07. The van der Waals surface area contributed by atoms with Gasteiger partial charge in [0.25, 0.3) is 11.8 Å². The lowest BCUT2D eigenvalue weighted by atomic mass is 10.1. The van der Waals surface area contributed by atoms with Gasteiger partial charge in [-0.15, -0.1) is 0 Å². The molecule has 3 aromatic rings. The van der Waals surface area contributed by atoms with Gasteiger partial charge in [-0.05, 0) is 48.0 Å². The molecular weight excluding hydrogens is 418 g/mol. The Morgan fingerprint density at radius 1 is 1.06 bits per heavy atom. The number of anilines is 1. The number of carbonyl (C=O) groups is 2. The smallest absolute Gasteiger partial charge is 0.264 e. The third-order valence-corrected chi connectivity index (χ3v) is 5.95. The minimum absolute atomic E-state index is 0.259. The molecule has 0 aliphatic carbocycles. The average molecular weight is 436 g/mol. The molecule has 0 saturated heterocycles. The summed E-state index contributed by atoms with van der Waals surface area (Å²) in [5.41, 5.74) is 2.13. The van der Waals surface area contributed by atoms with Crippen molar-refractivity contribution in [2.24, 2.45) is 0 Å². The molecule has 1 aliphatic heterocycles. The van der Waals surface area contributed by atoms with Gasteiger partial charge in [0.15, 0.2) is 0 Å². The zero-order valence-corrected chi connectivity index (χ0v) is 17.4. The van der Waals surface area contributed by atoms with Gasteiger partial charge in [0.1, 0.15) is 11.6 Å². The van der Waals surface area contributed by atoms with Gasteiger partial charge in [-0.1, -0.05) is 42.1 Å². The maximum atomic E-state index is 14.0. The van der Waals surface area contributed by atoms with E-state index in [4.69, 9.17) is 0 Å². The number of benzene rings is 3. The number of halogens is 2. The summed E-state index contributed by atoms with van der Waals surface area (Å²) in [5, 5.41) is 2.79. The van der Waals surface area contributed by atoms with Crippen LogP contribution in [0.4, 0.5) is 14.5 Å². The SMILES string of the molecule is CN1C(=O)/C(=C/c2ccccc2F)Sc2ccc(C(=O)NCc3ccc(F)cc3)cc21. The van der Waals surface area contributed by atoms with Crippen LogP contribution in [0.2, 0.25) is 0 Å². The van der Waals surface area contributed by atoms with Crippen molar-refractivity contribution in [3.8, 4) is 0 Å². The van der Waals surface area contributed by atoms with Gasteiger partial charge < -0.3 is 10.2 Å².